The molecular formula is C23H25N3O3S. The van der Waals surface area contributed by atoms with E-state index in [1.165, 1.54) is 6.08 Å². The molecule has 0 spiro atoms. The molecule has 1 atom stereocenters. The number of para-hydroxylation sites is 1. The Morgan fingerprint density at radius 1 is 1.20 bits per heavy atom. The molecule has 1 heterocycles. The maximum absolute atomic E-state index is 12.5. The maximum Gasteiger partial charge on any atom is 0.244 e. The summed E-state index contributed by atoms with van der Waals surface area (Å²) >= 11 is 1.59. The van der Waals surface area contributed by atoms with E-state index < -0.39 is 0 Å². The molecule has 0 saturated heterocycles. The van der Waals surface area contributed by atoms with Gasteiger partial charge in [0.15, 0.2) is 0 Å². The predicted molar refractivity (Wildman–Crippen MR) is 120 cm³/mol. The number of benzene rings is 2. The zero-order valence-corrected chi connectivity index (χ0v) is 18.1. The largest absolute Gasteiger partial charge is 0.497 e. The molecule has 3 rings (SSSR count). The van der Waals surface area contributed by atoms with Gasteiger partial charge in [0.05, 0.1) is 23.4 Å². The third kappa shape index (κ3) is 5.45. The Labute approximate surface area is 180 Å². The quantitative estimate of drug-likeness (QED) is 0.555. The Morgan fingerprint density at radius 3 is 2.63 bits per heavy atom. The molecule has 156 valence electrons. The molecule has 3 aromatic rings. The van der Waals surface area contributed by atoms with Crippen LogP contribution in [0.3, 0.4) is 0 Å². The first-order valence-corrected chi connectivity index (χ1v) is 10.5. The second kappa shape index (κ2) is 10.0. The third-order valence-corrected chi connectivity index (χ3v) is 6.03. The first-order valence-electron chi connectivity index (χ1n) is 9.69. The van der Waals surface area contributed by atoms with Gasteiger partial charge in [-0.3, -0.25) is 9.59 Å². The number of ether oxygens (including phenoxy) is 1. The summed E-state index contributed by atoms with van der Waals surface area (Å²) in [6.45, 7) is 2.24. The number of carbonyl (C=O) groups is 2. The predicted octanol–water partition coefficient (Wildman–Crippen LogP) is 4.04. The molecule has 2 amide bonds. The molecule has 0 unspecified atom stereocenters. The van der Waals surface area contributed by atoms with Crippen LogP contribution in [0.25, 0.3) is 16.3 Å². The molecule has 2 aromatic carbocycles. The van der Waals surface area contributed by atoms with Gasteiger partial charge < -0.3 is 15.0 Å². The van der Waals surface area contributed by atoms with Gasteiger partial charge in [-0.15, -0.1) is 11.3 Å². The van der Waals surface area contributed by atoms with E-state index in [-0.39, 0.29) is 30.8 Å². The fourth-order valence-corrected chi connectivity index (χ4v) is 3.93. The van der Waals surface area contributed by atoms with Crippen molar-refractivity contribution < 1.29 is 14.3 Å². The molecule has 0 aliphatic heterocycles. The zero-order valence-electron chi connectivity index (χ0n) is 17.3. The van der Waals surface area contributed by atoms with Gasteiger partial charge in [0, 0.05) is 26.1 Å². The van der Waals surface area contributed by atoms with Crippen LogP contribution in [-0.4, -0.2) is 42.4 Å². The Morgan fingerprint density at radius 2 is 1.93 bits per heavy atom. The van der Waals surface area contributed by atoms with E-state index in [4.69, 9.17) is 4.74 Å². The smallest absolute Gasteiger partial charge is 0.244 e. The second-order valence-electron chi connectivity index (χ2n) is 6.85. The van der Waals surface area contributed by atoms with E-state index in [1.807, 2.05) is 55.5 Å². The van der Waals surface area contributed by atoms with Crippen molar-refractivity contribution in [2.75, 3.05) is 20.7 Å². The summed E-state index contributed by atoms with van der Waals surface area (Å²) in [7, 11) is 3.38. The van der Waals surface area contributed by atoms with Gasteiger partial charge in [-0.2, -0.15) is 0 Å². The molecule has 1 aromatic heterocycles. The van der Waals surface area contributed by atoms with Crippen LogP contribution in [0.15, 0.2) is 54.6 Å². The van der Waals surface area contributed by atoms with E-state index in [0.29, 0.717) is 0 Å². The molecule has 0 aliphatic carbocycles. The SMILES string of the molecule is COc1ccc(/C=C/C(=O)NCCC(=O)N(C)[C@H](C)c2nc3ccccc3s2)cc1. The highest BCUT2D eigenvalue weighted by Gasteiger charge is 2.20. The van der Waals surface area contributed by atoms with E-state index >= 15 is 0 Å². The van der Waals surface area contributed by atoms with E-state index in [1.54, 1.807) is 36.5 Å². The summed E-state index contributed by atoms with van der Waals surface area (Å²) in [5, 5.41) is 3.65. The van der Waals surface area contributed by atoms with Gasteiger partial charge >= 0.3 is 0 Å². The van der Waals surface area contributed by atoms with Crippen molar-refractivity contribution in [2.24, 2.45) is 0 Å². The normalized spacial score (nSPS) is 12.1. The molecule has 0 bridgehead atoms. The monoisotopic (exact) mass is 423 g/mol. The highest BCUT2D eigenvalue weighted by atomic mass is 32.1. The van der Waals surface area contributed by atoms with Crippen molar-refractivity contribution in [3.05, 3.63) is 65.2 Å². The summed E-state index contributed by atoms with van der Waals surface area (Å²) in [6.07, 6.45) is 3.41. The summed E-state index contributed by atoms with van der Waals surface area (Å²) in [5.41, 5.74) is 1.84. The summed E-state index contributed by atoms with van der Waals surface area (Å²) in [4.78, 5) is 30.8. The number of thiazole rings is 1. The van der Waals surface area contributed by atoms with Crippen LogP contribution >= 0.6 is 11.3 Å². The van der Waals surface area contributed by atoms with Crippen molar-refractivity contribution in [2.45, 2.75) is 19.4 Å². The lowest BCUT2D eigenvalue weighted by atomic mass is 10.2. The van der Waals surface area contributed by atoms with Crippen LogP contribution in [0, 0.1) is 0 Å². The molecule has 1 N–H and O–H groups in total. The topological polar surface area (TPSA) is 71.5 Å². The lowest BCUT2D eigenvalue weighted by molar-refractivity contribution is -0.131. The van der Waals surface area contributed by atoms with Gasteiger partial charge in [-0.1, -0.05) is 24.3 Å². The number of rotatable bonds is 8. The van der Waals surface area contributed by atoms with Gasteiger partial charge in [0.1, 0.15) is 10.8 Å². The molecule has 7 heteroatoms. The molecule has 0 saturated carbocycles. The second-order valence-corrected chi connectivity index (χ2v) is 7.91. The van der Waals surface area contributed by atoms with Gasteiger partial charge in [0.25, 0.3) is 0 Å². The number of nitrogens with zero attached hydrogens (tertiary/aromatic N) is 2. The minimum atomic E-state index is -0.236. The molecular weight excluding hydrogens is 398 g/mol. The van der Waals surface area contributed by atoms with Crippen LogP contribution in [0.4, 0.5) is 0 Å². The van der Waals surface area contributed by atoms with E-state index in [2.05, 4.69) is 10.3 Å². The Kier molecular flexibility index (Phi) is 7.19. The summed E-state index contributed by atoms with van der Waals surface area (Å²) < 4.78 is 6.21. The van der Waals surface area contributed by atoms with Gasteiger partial charge in [0.2, 0.25) is 11.8 Å². The van der Waals surface area contributed by atoms with Crippen molar-refractivity contribution in [1.82, 2.24) is 15.2 Å². The Bertz CT molecular complexity index is 1010. The van der Waals surface area contributed by atoms with E-state index in [9.17, 15) is 9.59 Å². The van der Waals surface area contributed by atoms with Crippen LogP contribution in [0.5, 0.6) is 5.75 Å². The Balaban J connectivity index is 1.46. The van der Waals surface area contributed by atoms with Crippen molar-refractivity contribution in [3.8, 4) is 5.75 Å². The highest BCUT2D eigenvalue weighted by Crippen LogP contribution is 2.28. The minimum absolute atomic E-state index is 0.0406. The third-order valence-electron chi connectivity index (χ3n) is 4.82. The highest BCUT2D eigenvalue weighted by molar-refractivity contribution is 7.18. The number of fused-ring (bicyclic) bond motifs is 1. The first-order chi connectivity index (χ1) is 14.5. The van der Waals surface area contributed by atoms with Crippen LogP contribution < -0.4 is 10.1 Å². The average molecular weight is 424 g/mol. The number of hydrogen-bond donors (Lipinski definition) is 1. The van der Waals surface area contributed by atoms with Crippen molar-refractivity contribution >= 4 is 39.4 Å². The van der Waals surface area contributed by atoms with Crippen LogP contribution in [-0.2, 0) is 9.59 Å². The summed E-state index contributed by atoms with van der Waals surface area (Å²) in [5.74, 6) is 0.487. The number of hydrogen-bond acceptors (Lipinski definition) is 5. The fraction of sp³-hybridized carbons (Fsp3) is 0.261. The van der Waals surface area contributed by atoms with Gasteiger partial charge in [-0.25, -0.2) is 4.98 Å². The first kappa shape index (κ1) is 21.5. The van der Waals surface area contributed by atoms with Crippen LogP contribution in [0.2, 0.25) is 0 Å². The summed E-state index contributed by atoms with van der Waals surface area (Å²) in [6, 6.07) is 15.2. The number of methoxy groups -OCH3 is 1. The lowest BCUT2D eigenvalue weighted by Crippen LogP contribution is -2.33. The lowest BCUT2D eigenvalue weighted by Gasteiger charge is -2.23. The van der Waals surface area contributed by atoms with Crippen LogP contribution in [0.1, 0.15) is 30.0 Å². The Hall–Kier alpha value is -3.19. The number of nitrogens with one attached hydrogen (secondary N) is 1. The molecule has 0 aliphatic rings. The number of aromatic nitrogens is 1. The number of carbonyl (C=O) groups excluding carboxylic acids is 2. The number of amides is 2. The average Bonchev–Trinajstić information content (AvgIpc) is 3.21. The van der Waals surface area contributed by atoms with Crippen molar-refractivity contribution in [1.29, 1.82) is 0 Å². The van der Waals surface area contributed by atoms with E-state index in [0.717, 1.165) is 26.5 Å². The zero-order chi connectivity index (χ0) is 21.5. The molecule has 30 heavy (non-hydrogen) atoms. The molecule has 6 nitrogen and oxygen atoms in total. The molecule has 0 radical (unpaired) electrons. The van der Waals surface area contributed by atoms with Gasteiger partial charge in [-0.05, 0) is 42.8 Å². The molecule has 0 fully saturated rings. The fourth-order valence-electron chi connectivity index (χ4n) is 2.87. The maximum atomic E-state index is 12.5. The van der Waals surface area contributed by atoms with Crippen molar-refractivity contribution in [3.63, 3.8) is 0 Å². The minimum Gasteiger partial charge on any atom is -0.497 e. The standard InChI is InChI=1S/C23H25N3O3S/c1-16(23-25-19-6-4-5-7-20(19)30-23)26(2)22(28)14-15-24-21(27)13-10-17-8-11-18(29-3)12-9-17/h4-13,16H,14-15H2,1-3H3,(H,24,27)/b13-10+/t16-/m1/s1.